The number of hydrogen-bond donors (Lipinski definition) is 1. The number of rotatable bonds is 9. The van der Waals surface area contributed by atoms with Crippen molar-refractivity contribution in [1.82, 2.24) is 9.97 Å². The highest BCUT2D eigenvalue weighted by Crippen LogP contribution is 2.46. The van der Waals surface area contributed by atoms with Crippen LogP contribution in [0.5, 0.6) is 11.8 Å². The van der Waals surface area contributed by atoms with Crippen LogP contribution in [0.2, 0.25) is 0 Å². The van der Waals surface area contributed by atoms with Crippen molar-refractivity contribution < 1.29 is 19.0 Å². The van der Waals surface area contributed by atoms with Crippen LogP contribution < -0.4 is 15.2 Å². The quantitative estimate of drug-likeness (QED) is 0.282. The van der Waals surface area contributed by atoms with Gasteiger partial charge in [-0.1, -0.05) is 60.8 Å². The Morgan fingerprint density at radius 2 is 2.03 bits per heavy atom. The van der Waals surface area contributed by atoms with Crippen molar-refractivity contribution >= 4 is 17.7 Å². The molecule has 0 unspecified atom stereocenters. The zero-order valence-electron chi connectivity index (χ0n) is 16.7. The predicted molar refractivity (Wildman–Crippen MR) is 115 cm³/mol. The number of ether oxygens (including phenoxy) is 3. The van der Waals surface area contributed by atoms with Gasteiger partial charge in [0.05, 0.1) is 18.1 Å². The minimum atomic E-state index is -0.604. The van der Waals surface area contributed by atoms with Crippen LogP contribution in [0.1, 0.15) is 24.0 Å². The van der Waals surface area contributed by atoms with Gasteiger partial charge >= 0.3 is 5.97 Å². The molecule has 0 saturated carbocycles. The number of benzene rings is 1. The standard InChI is InChI=1S/C22H23N3O4S/c1-4-12-28-19-17-15(14-10-8-7-9-11-14)16(21(26)27-6-3)18(23)29-20(17)25-22(24-19)30-13-5-2/h4-5,7-11,15H,1-2,6,12-13,23H2,3H3/t15-/m1/s1. The summed E-state index contributed by atoms with van der Waals surface area (Å²) in [5.74, 6) is -0.0599. The van der Waals surface area contributed by atoms with Crippen molar-refractivity contribution in [2.24, 2.45) is 5.73 Å². The summed E-state index contributed by atoms with van der Waals surface area (Å²) in [6.45, 7) is 9.57. The highest BCUT2D eigenvalue weighted by Gasteiger charge is 2.39. The molecule has 0 aliphatic carbocycles. The van der Waals surface area contributed by atoms with E-state index in [1.807, 2.05) is 30.3 Å². The number of nitrogens with zero attached hydrogens (tertiary/aromatic N) is 2. The molecule has 0 bridgehead atoms. The summed E-state index contributed by atoms with van der Waals surface area (Å²) in [5.41, 5.74) is 7.69. The van der Waals surface area contributed by atoms with Crippen LogP contribution in [-0.4, -0.2) is 34.9 Å². The summed E-state index contributed by atoms with van der Waals surface area (Å²) < 4.78 is 16.9. The third-order valence-corrected chi connectivity index (χ3v) is 5.04. The van der Waals surface area contributed by atoms with Gasteiger partial charge in [0, 0.05) is 5.75 Å². The van der Waals surface area contributed by atoms with Crippen molar-refractivity contribution in [1.29, 1.82) is 0 Å². The Kier molecular flexibility index (Phi) is 7.13. The van der Waals surface area contributed by atoms with Crippen LogP contribution in [0.15, 0.2) is 72.3 Å². The molecule has 0 spiro atoms. The Hall–Kier alpha value is -3.26. The minimum absolute atomic E-state index is 0.0529. The monoisotopic (exact) mass is 425 g/mol. The second-order valence-corrected chi connectivity index (χ2v) is 7.16. The summed E-state index contributed by atoms with van der Waals surface area (Å²) in [6, 6.07) is 9.43. The smallest absolute Gasteiger partial charge is 0.340 e. The lowest BCUT2D eigenvalue weighted by atomic mass is 9.84. The first-order chi connectivity index (χ1) is 14.6. The molecule has 1 atom stereocenters. The third kappa shape index (κ3) is 4.49. The summed E-state index contributed by atoms with van der Waals surface area (Å²) in [4.78, 5) is 21.8. The number of carbonyl (C=O) groups excluding carboxylic acids is 1. The fourth-order valence-electron chi connectivity index (χ4n) is 3.03. The van der Waals surface area contributed by atoms with E-state index in [1.54, 1.807) is 19.1 Å². The number of carbonyl (C=O) groups is 1. The van der Waals surface area contributed by atoms with Gasteiger partial charge in [-0.15, -0.1) is 6.58 Å². The molecule has 156 valence electrons. The second-order valence-electron chi connectivity index (χ2n) is 6.17. The Labute approximate surface area is 179 Å². The molecule has 0 fully saturated rings. The van der Waals surface area contributed by atoms with Crippen molar-refractivity contribution in [3.8, 4) is 11.8 Å². The minimum Gasteiger partial charge on any atom is -0.473 e. The maximum absolute atomic E-state index is 12.8. The molecule has 7 nitrogen and oxygen atoms in total. The van der Waals surface area contributed by atoms with Gasteiger partial charge in [-0.05, 0) is 12.5 Å². The van der Waals surface area contributed by atoms with Crippen LogP contribution in [0, 0.1) is 0 Å². The first kappa shape index (κ1) is 21.4. The number of hydrogen-bond acceptors (Lipinski definition) is 8. The average molecular weight is 426 g/mol. The average Bonchev–Trinajstić information content (AvgIpc) is 2.75. The van der Waals surface area contributed by atoms with E-state index in [4.69, 9.17) is 19.9 Å². The van der Waals surface area contributed by atoms with Gasteiger partial charge < -0.3 is 19.9 Å². The van der Waals surface area contributed by atoms with Crippen molar-refractivity contribution in [3.63, 3.8) is 0 Å². The Morgan fingerprint density at radius 3 is 2.70 bits per heavy atom. The number of aromatic nitrogens is 2. The predicted octanol–water partition coefficient (Wildman–Crippen LogP) is 3.58. The molecule has 3 rings (SSSR count). The lowest BCUT2D eigenvalue weighted by Gasteiger charge is -2.28. The first-order valence-electron chi connectivity index (χ1n) is 9.39. The molecule has 1 aliphatic rings. The maximum atomic E-state index is 12.8. The Bertz CT molecular complexity index is 976. The van der Waals surface area contributed by atoms with Gasteiger partial charge in [0.1, 0.15) is 12.2 Å². The molecule has 0 saturated heterocycles. The highest BCUT2D eigenvalue weighted by atomic mass is 32.2. The molecular weight excluding hydrogens is 402 g/mol. The van der Waals surface area contributed by atoms with Gasteiger partial charge in [0.25, 0.3) is 0 Å². The van der Waals surface area contributed by atoms with Crippen molar-refractivity contribution in [3.05, 3.63) is 78.2 Å². The summed E-state index contributed by atoms with van der Waals surface area (Å²) in [5, 5.41) is 0.451. The zero-order chi connectivity index (χ0) is 21.5. The molecule has 2 N–H and O–H groups in total. The fraction of sp³-hybridized carbons (Fsp3) is 0.227. The van der Waals surface area contributed by atoms with Gasteiger partial charge in [-0.25, -0.2) is 4.79 Å². The Morgan fingerprint density at radius 1 is 1.27 bits per heavy atom. The summed E-state index contributed by atoms with van der Waals surface area (Å²) >= 11 is 1.38. The van der Waals surface area contributed by atoms with Crippen molar-refractivity contribution in [2.45, 2.75) is 18.0 Å². The van der Waals surface area contributed by atoms with E-state index >= 15 is 0 Å². The largest absolute Gasteiger partial charge is 0.473 e. The summed E-state index contributed by atoms with van der Waals surface area (Å²) in [7, 11) is 0. The van der Waals surface area contributed by atoms with Gasteiger partial charge in [-0.3, -0.25) is 0 Å². The topological polar surface area (TPSA) is 96.6 Å². The molecular formula is C22H23N3O4S. The van der Waals surface area contributed by atoms with Crippen LogP contribution in [0.25, 0.3) is 0 Å². The number of fused-ring (bicyclic) bond motifs is 1. The summed E-state index contributed by atoms with van der Waals surface area (Å²) in [6.07, 6.45) is 3.36. The lowest BCUT2D eigenvalue weighted by molar-refractivity contribution is -0.139. The highest BCUT2D eigenvalue weighted by molar-refractivity contribution is 7.99. The number of thioether (sulfide) groups is 1. The van der Waals surface area contributed by atoms with Crippen LogP contribution >= 0.6 is 11.8 Å². The molecule has 0 amide bonds. The molecule has 0 radical (unpaired) electrons. The zero-order valence-corrected chi connectivity index (χ0v) is 17.5. The molecule has 1 aromatic carbocycles. The normalized spacial score (nSPS) is 15.0. The van der Waals surface area contributed by atoms with Gasteiger partial charge in [0.2, 0.25) is 17.6 Å². The first-order valence-corrected chi connectivity index (χ1v) is 10.4. The number of esters is 1. The van der Waals surface area contributed by atoms with Gasteiger partial charge in [0.15, 0.2) is 5.16 Å². The van der Waals surface area contributed by atoms with Gasteiger partial charge in [-0.2, -0.15) is 9.97 Å². The number of nitrogens with two attached hydrogens (primary N) is 1. The second kappa shape index (κ2) is 9.98. The van der Waals surface area contributed by atoms with Crippen LogP contribution in [-0.2, 0) is 9.53 Å². The van der Waals surface area contributed by atoms with E-state index in [-0.39, 0.29) is 30.5 Å². The molecule has 30 heavy (non-hydrogen) atoms. The maximum Gasteiger partial charge on any atom is 0.340 e. The van der Waals surface area contributed by atoms with E-state index in [2.05, 4.69) is 23.1 Å². The molecule has 2 heterocycles. The lowest BCUT2D eigenvalue weighted by Crippen LogP contribution is -2.29. The molecule has 8 heteroatoms. The fourth-order valence-corrected chi connectivity index (χ4v) is 3.59. The van der Waals surface area contributed by atoms with E-state index in [9.17, 15) is 4.79 Å². The van der Waals surface area contributed by atoms with Crippen LogP contribution in [0.3, 0.4) is 0 Å². The Balaban J connectivity index is 2.22. The SMILES string of the molecule is C=CCOc1nc(SCC=C)nc2c1[C@H](c1ccccc1)C(C(=O)OCC)=C(N)O2. The van der Waals surface area contributed by atoms with Crippen molar-refractivity contribution in [2.75, 3.05) is 19.0 Å². The third-order valence-electron chi connectivity index (χ3n) is 4.20. The molecule has 1 aromatic heterocycles. The van der Waals surface area contributed by atoms with Crippen LogP contribution in [0.4, 0.5) is 0 Å². The van der Waals surface area contributed by atoms with E-state index in [0.717, 1.165) is 5.56 Å². The van der Waals surface area contributed by atoms with E-state index in [1.165, 1.54) is 11.8 Å². The molecule has 1 aliphatic heterocycles. The van der Waals surface area contributed by atoms with E-state index in [0.29, 0.717) is 22.4 Å². The van der Waals surface area contributed by atoms with E-state index < -0.39 is 11.9 Å². The molecule has 2 aromatic rings.